The first-order valence-corrected chi connectivity index (χ1v) is 8.72. The van der Waals surface area contributed by atoms with Crippen molar-refractivity contribution < 1.29 is 4.74 Å². The fraction of sp³-hybridized carbons (Fsp3) is 0.647. The van der Waals surface area contributed by atoms with Crippen LogP contribution in [0.1, 0.15) is 38.2 Å². The van der Waals surface area contributed by atoms with E-state index >= 15 is 0 Å². The summed E-state index contributed by atoms with van der Waals surface area (Å²) in [7, 11) is 2.22. The quantitative estimate of drug-likeness (QED) is 0.848. The Labute approximate surface area is 137 Å². The van der Waals surface area contributed by atoms with Crippen molar-refractivity contribution in [2.45, 2.75) is 51.1 Å². The van der Waals surface area contributed by atoms with E-state index in [0.717, 1.165) is 29.7 Å². The van der Waals surface area contributed by atoms with Crippen LogP contribution in [0.4, 0.5) is 0 Å². The van der Waals surface area contributed by atoms with Crippen molar-refractivity contribution in [2.75, 3.05) is 20.2 Å². The van der Waals surface area contributed by atoms with E-state index in [2.05, 4.69) is 40.0 Å². The monoisotopic (exact) mass is 354 g/mol. The number of nitrogens with zero attached hydrogens (tertiary/aromatic N) is 1. The third-order valence-electron chi connectivity index (χ3n) is 4.18. The molecular formula is C17H27BrN2O. The molecule has 0 bridgehead atoms. The molecule has 1 aliphatic heterocycles. The standard InChI is InChI=1S/C17H27BrN2O/c1-13(19)11-14-6-7-17(16(18)12-14)21-10-8-15-5-3-4-9-20(15)2/h6-7,12-13,15H,3-5,8-11,19H2,1-2H3. The zero-order valence-electron chi connectivity index (χ0n) is 13.1. The van der Waals surface area contributed by atoms with E-state index in [1.54, 1.807) is 0 Å². The molecular weight excluding hydrogens is 328 g/mol. The van der Waals surface area contributed by atoms with Crippen molar-refractivity contribution in [3.8, 4) is 5.75 Å². The summed E-state index contributed by atoms with van der Waals surface area (Å²) in [6.07, 6.45) is 5.98. The minimum atomic E-state index is 0.186. The Morgan fingerprint density at radius 3 is 2.90 bits per heavy atom. The number of rotatable bonds is 6. The van der Waals surface area contributed by atoms with Gasteiger partial charge in [0, 0.05) is 12.1 Å². The van der Waals surface area contributed by atoms with Crippen molar-refractivity contribution in [3.63, 3.8) is 0 Å². The Kier molecular flexibility index (Phi) is 6.52. The highest BCUT2D eigenvalue weighted by molar-refractivity contribution is 9.10. The average Bonchev–Trinajstić information content (AvgIpc) is 2.42. The molecule has 0 spiro atoms. The molecule has 0 saturated carbocycles. The number of likely N-dealkylation sites (tertiary alicyclic amines) is 1. The lowest BCUT2D eigenvalue weighted by atomic mass is 10.0. The molecule has 2 N–H and O–H groups in total. The maximum Gasteiger partial charge on any atom is 0.133 e. The molecule has 1 fully saturated rings. The van der Waals surface area contributed by atoms with Gasteiger partial charge < -0.3 is 15.4 Å². The van der Waals surface area contributed by atoms with Crippen LogP contribution in [0, 0.1) is 0 Å². The number of nitrogens with two attached hydrogens (primary N) is 1. The molecule has 1 heterocycles. The molecule has 118 valence electrons. The summed E-state index contributed by atoms with van der Waals surface area (Å²) in [4.78, 5) is 2.47. The molecule has 0 amide bonds. The van der Waals surface area contributed by atoms with Crippen molar-refractivity contribution in [1.82, 2.24) is 4.90 Å². The number of benzene rings is 1. The van der Waals surface area contributed by atoms with Crippen LogP contribution < -0.4 is 10.5 Å². The Balaban J connectivity index is 1.82. The highest BCUT2D eigenvalue weighted by Gasteiger charge is 2.18. The Bertz CT molecular complexity index is 450. The molecule has 2 atom stereocenters. The van der Waals surface area contributed by atoms with Crippen LogP contribution in [0.5, 0.6) is 5.75 Å². The minimum Gasteiger partial charge on any atom is -0.492 e. The lowest BCUT2D eigenvalue weighted by Crippen LogP contribution is -2.37. The smallest absolute Gasteiger partial charge is 0.133 e. The van der Waals surface area contributed by atoms with Crippen LogP contribution in [0.15, 0.2) is 22.7 Å². The summed E-state index contributed by atoms with van der Waals surface area (Å²) < 4.78 is 6.97. The summed E-state index contributed by atoms with van der Waals surface area (Å²) in [6.45, 7) is 4.03. The van der Waals surface area contributed by atoms with Gasteiger partial charge in [-0.05, 0) is 79.8 Å². The van der Waals surface area contributed by atoms with E-state index in [4.69, 9.17) is 10.5 Å². The van der Waals surface area contributed by atoms with Crippen molar-refractivity contribution in [2.24, 2.45) is 5.73 Å². The van der Waals surface area contributed by atoms with Gasteiger partial charge in [-0.25, -0.2) is 0 Å². The summed E-state index contributed by atoms with van der Waals surface area (Å²) in [6, 6.07) is 7.13. The second-order valence-corrected chi connectivity index (χ2v) is 7.07. The molecule has 0 aliphatic carbocycles. The lowest BCUT2D eigenvalue weighted by Gasteiger charge is -2.32. The van der Waals surface area contributed by atoms with Crippen LogP contribution in [-0.2, 0) is 6.42 Å². The molecule has 1 aliphatic rings. The number of hydrogen-bond donors (Lipinski definition) is 1. The summed E-state index contributed by atoms with van der Waals surface area (Å²) >= 11 is 3.60. The van der Waals surface area contributed by atoms with Gasteiger partial charge in [0.25, 0.3) is 0 Å². The highest BCUT2D eigenvalue weighted by Crippen LogP contribution is 2.27. The third kappa shape index (κ3) is 5.28. The fourth-order valence-corrected chi connectivity index (χ4v) is 3.51. The molecule has 21 heavy (non-hydrogen) atoms. The van der Waals surface area contributed by atoms with Gasteiger partial charge in [0.15, 0.2) is 0 Å². The normalized spacial score (nSPS) is 21.2. The predicted molar refractivity (Wildman–Crippen MR) is 91.9 cm³/mol. The molecule has 3 nitrogen and oxygen atoms in total. The van der Waals surface area contributed by atoms with Crippen LogP contribution in [0.3, 0.4) is 0 Å². The summed E-state index contributed by atoms with van der Waals surface area (Å²) in [5.74, 6) is 0.932. The molecule has 4 heteroatoms. The second-order valence-electron chi connectivity index (χ2n) is 6.21. The average molecular weight is 355 g/mol. The van der Waals surface area contributed by atoms with Gasteiger partial charge in [-0.1, -0.05) is 12.5 Å². The van der Waals surface area contributed by atoms with Crippen molar-refractivity contribution in [3.05, 3.63) is 28.2 Å². The van der Waals surface area contributed by atoms with Crippen molar-refractivity contribution in [1.29, 1.82) is 0 Å². The first kappa shape index (κ1) is 16.8. The minimum absolute atomic E-state index is 0.186. The fourth-order valence-electron chi connectivity index (χ4n) is 2.97. The van der Waals surface area contributed by atoms with Crippen LogP contribution in [0.25, 0.3) is 0 Å². The summed E-state index contributed by atoms with van der Waals surface area (Å²) in [5, 5.41) is 0. The van der Waals surface area contributed by atoms with Gasteiger partial charge in [0.05, 0.1) is 11.1 Å². The molecule has 0 radical (unpaired) electrons. The van der Waals surface area contributed by atoms with Gasteiger partial charge in [-0.15, -0.1) is 0 Å². The van der Waals surface area contributed by atoms with Gasteiger partial charge in [-0.2, -0.15) is 0 Å². The van der Waals surface area contributed by atoms with Crippen LogP contribution in [-0.4, -0.2) is 37.2 Å². The zero-order valence-corrected chi connectivity index (χ0v) is 14.7. The van der Waals surface area contributed by atoms with E-state index < -0.39 is 0 Å². The van der Waals surface area contributed by atoms with E-state index in [0.29, 0.717) is 6.04 Å². The molecule has 1 saturated heterocycles. The number of ether oxygens (including phenoxy) is 1. The Hall–Kier alpha value is -0.580. The second kappa shape index (κ2) is 8.16. The van der Waals surface area contributed by atoms with Gasteiger partial charge >= 0.3 is 0 Å². The van der Waals surface area contributed by atoms with E-state index in [1.807, 2.05) is 13.0 Å². The molecule has 2 rings (SSSR count). The zero-order chi connectivity index (χ0) is 15.2. The van der Waals surface area contributed by atoms with Crippen LogP contribution >= 0.6 is 15.9 Å². The van der Waals surface area contributed by atoms with Gasteiger partial charge in [-0.3, -0.25) is 0 Å². The molecule has 1 aromatic rings. The van der Waals surface area contributed by atoms with Gasteiger partial charge in [0.1, 0.15) is 5.75 Å². The number of piperidine rings is 1. The molecule has 0 aromatic heterocycles. The lowest BCUT2D eigenvalue weighted by molar-refractivity contribution is 0.153. The Morgan fingerprint density at radius 1 is 1.43 bits per heavy atom. The molecule has 2 unspecified atom stereocenters. The maximum atomic E-state index is 5.94. The van der Waals surface area contributed by atoms with Crippen molar-refractivity contribution >= 4 is 15.9 Å². The number of hydrogen-bond acceptors (Lipinski definition) is 3. The Morgan fingerprint density at radius 2 is 2.24 bits per heavy atom. The topological polar surface area (TPSA) is 38.5 Å². The maximum absolute atomic E-state index is 5.94. The first-order valence-electron chi connectivity index (χ1n) is 7.93. The van der Waals surface area contributed by atoms with E-state index in [9.17, 15) is 0 Å². The van der Waals surface area contributed by atoms with Crippen LogP contribution in [0.2, 0.25) is 0 Å². The molecule has 1 aromatic carbocycles. The number of halogens is 1. The SMILES string of the molecule is CC(N)Cc1ccc(OCCC2CCCCN2C)c(Br)c1. The highest BCUT2D eigenvalue weighted by atomic mass is 79.9. The predicted octanol–water partition coefficient (Wildman–Crippen LogP) is 3.59. The van der Waals surface area contributed by atoms with E-state index in [1.165, 1.54) is 31.4 Å². The van der Waals surface area contributed by atoms with E-state index in [-0.39, 0.29) is 6.04 Å². The first-order chi connectivity index (χ1) is 10.1. The summed E-state index contributed by atoms with van der Waals surface area (Å²) in [5.41, 5.74) is 7.08. The van der Waals surface area contributed by atoms with Gasteiger partial charge in [0.2, 0.25) is 0 Å². The third-order valence-corrected chi connectivity index (χ3v) is 4.80. The largest absolute Gasteiger partial charge is 0.492 e.